The Bertz CT molecular complexity index is 866. The molecule has 1 saturated heterocycles. The van der Waals surface area contributed by atoms with Crippen molar-refractivity contribution in [1.82, 2.24) is 19.1 Å². The molecule has 1 atom stereocenters. The minimum Gasteiger partial charge on any atom is -0.308 e. The number of anilines is 1. The smallest absolute Gasteiger partial charge is 0.244 e. The lowest BCUT2D eigenvalue weighted by atomic mass is 10.0. The number of nitrogens with one attached hydrogen (secondary N) is 1. The van der Waals surface area contributed by atoms with Gasteiger partial charge in [-0.3, -0.25) is 14.5 Å². The molecule has 0 aliphatic carbocycles. The fourth-order valence-corrected chi connectivity index (χ4v) is 5.02. The molecule has 1 aliphatic rings. The highest BCUT2D eigenvalue weighted by molar-refractivity contribution is 7.89. The highest BCUT2D eigenvalue weighted by Gasteiger charge is 2.36. The van der Waals surface area contributed by atoms with Gasteiger partial charge < -0.3 is 5.32 Å². The number of aromatic nitrogens is 3. The molecule has 27 heavy (non-hydrogen) atoms. The fraction of sp³-hybridized carbons (Fsp3) is 0.500. The van der Waals surface area contributed by atoms with E-state index in [2.05, 4.69) is 15.4 Å². The minimum absolute atomic E-state index is 0.0668. The molecule has 1 aliphatic heterocycles. The van der Waals surface area contributed by atoms with E-state index in [0.29, 0.717) is 31.7 Å². The zero-order chi connectivity index (χ0) is 19.3. The van der Waals surface area contributed by atoms with E-state index in [1.54, 1.807) is 29.3 Å². The Labute approximate surface area is 159 Å². The van der Waals surface area contributed by atoms with Gasteiger partial charge in [0.25, 0.3) is 0 Å². The van der Waals surface area contributed by atoms with Crippen LogP contribution in [-0.4, -0.2) is 51.7 Å². The van der Waals surface area contributed by atoms with Crippen LogP contribution in [0.3, 0.4) is 0 Å². The van der Waals surface area contributed by atoms with Crippen molar-refractivity contribution < 1.29 is 13.2 Å². The summed E-state index contributed by atoms with van der Waals surface area (Å²) in [6.07, 6.45) is 7.91. The molecule has 146 valence electrons. The lowest BCUT2D eigenvalue weighted by Gasteiger charge is -2.33. The van der Waals surface area contributed by atoms with Crippen molar-refractivity contribution in [2.24, 2.45) is 0 Å². The molecule has 1 amide bonds. The van der Waals surface area contributed by atoms with Gasteiger partial charge in [0.05, 0.1) is 12.3 Å². The second-order valence-electron chi connectivity index (χ2n) is 6.68. The molecule has 0 bridgehead atoms. The molecular weight excluding hydrogens is 366 g/mol. The van der Waals surface area contributed by atoms with Crippen LogP contribution in [0.1, 0.15) is 38.2 Å². The molecule has 1 N–H and O–H groups in total. The second kappa shape index (κ2) is 8.62. The Morgan fingerprint density at radius 2 is 2.04 bits per heavy atom. The van der Waals surface area contributed by atoms with Crippen LogP contribution in [0.2, 0.25) is 0 Å². The summed E-state index contributed by atoms with van der Waals surface area (Å²) in [5.74, 6) is 0.174. The van der Waals surface area contributed by atoms with Crippen LogP contribution in [0, 0.1) is 0 Å². The molecule has 0 aromatic carbocycles. The molecule has 3 heterocycles. The van der Waals surface area contributed by atoms with Gasteiger partial charge in [0.1, 0.15) is 6.04 Å². The summed E-state index contributed by atoms with van der Waals surface area (Å²) >= 11 is 0. The number of amides is 1. The van der Waals surface area contributed by atoms with Gasteiger partial charge in [0, 0.05) is 31.2 Å². The molecule has 8 nitrogen and oxygen atoms in total. The first-order chi connectivity index (χ1) is 13.0. The summed E-state index contributed by atoms with van der Waals surface area (Å²) in [7, 11) is -3.41. The number of hydrogen-bond donors (Lipinski definition) is 1. The topological polar surface area (TPSA) is 97.2 Å². The number of sulfonamides is 1. The normalized spacial score (nSPS) is 18.3. The number of carbonyl (C=O) groups is 1. The number of nitrogens with zero attached hydrogens (tertiary/aromatic N) is 4. The first-order valence-electron chi connectivity index (χ1n) is 9.22. The van der Waals surface area contributed by atoms with Crippen LogP contribution in [-0.2, 0) is 21.4 Å². The van der Waals surface area contributed by atoms with Gasteiger partial charge in [-0.2, -0.15) is 9.40 Å². The molecule has 3 rings (SSSR count). The Kier molecular flexibility index (Phi) is 6.22. The monoisotopic (exact) mass is 391 g/mol. The quantitative estimate of drug-likeness (QED) is 0.777. The lowest BCUT2D eigenvalue weighted by Crippen LogP contribution is -2.50. The van der Waals surface area contributed by atoms with Crippen LogP contribution in [0.25, 0.3) is 0 Å². The van der Waals surface area contributed by atoms with E-state index in [1.807, 2.05) is 19.1 Å². The van der Waals surface area contributed by atoms with E-state index < -0.39 is 16.1 Å². The largest absolute Gasteiger partial charge is 0.308 e. The zero-order valence-corrected chi connectivity index (χ0v) is 16.2. The van der Waals surface area contributed by atoms with Crippen LogP contribution < -0.4 is 5.32 Å². The van der Waals surface area contributed by atoms with Gasteiger partial charge in [0.15, 0.2) is 5.82 Å². The molecule has 1 unspecified atom stereocenters. The van der Waals surface area contributed by atoms with Crippen molar-refractivity contribution in [3.05, 3.63) is 42.4 Å². The maximum Gasteiger partial charge on any atom is 0.244 e. The van der Waals surface area contributed by atoms with Gasteiger partial charge in [-0.05, 0) is 37.0 Å². The number of piperidine rings is 1. The average Bonchev–Trinajstić information content (AvgIpc) is 3.09. The molecule has 1 fully saturated rings. The van der Waals surface area contributed by atoms with E-state index in [1.165, 1.54) is 4.31 Å². The van der Waals surface area contributed by atoms with Gasteiger partial charge in [-0.1, -0.05) is 13.3 Å². The predicted octanol–water partition coefficient (Wildman–Crippen LogP) is 1.86. The third-order valence-electron chi connectivity index (χ3n) is 4.56. The Morgan fingerprint density at radius 3 is 2.78 bits per heavy atom. The van der Waals surface area contributed by atoms with Gasteiger partial charge >= 0.3 is 0 Å². The van der Waals surface area contributed by atoms with E-state index in [0.717, 1.165) is 18.4 Å². The van der Waals surface area contributed by atoms with E-state index in [9.17, 15) is 13.2 Å². The molecular formula is C18H25N5O3S. The van der Waals surface area contributed by atoms with Crippen LogP contribution in [0.4, 0.5) is 5.82 Å². The summed E-state index contributed by atoms with van der Waals surface area (Å²) in [6, 6.07) is 4.85. The fourth-order valence-electron chi connectivity index (χ4n) is 3.28. The van der Waals surface area contributed by atoms with Crippen molar-refractivity contribution in [2.45, 2.75) is 45.2 Å². The highest BCUT2D eigenvalue weighted by Crippen LogP contribution is 2.22. The summed E-state index contributed by atoms with van der Waals surface area (Å²) in [6.45, 7) is 2.79. The molecule has 2 aromatic heterocycles. The molecule has 0 radical (unpaired) electrons. The van der Waals surface area contributed by atoms with Gasteiger partial charge in [-0.25, -0.2) is 8.42 Å². The summed E-state index contributed by atoms with van der Waals surface area (Å²) < 4.78 is 28.0. The van der Waals surface area contributed by atoms with Gasteiger partial charge in [0.2, 0.25) is 15.9 Å². The van der Waals surface area contributed by atoms with Crippen molar-refractivity contribution >= 4 is 21.7 Å². The minimum atomic E-state index is -3.41. The summed E-state index contributed by atoms with van der Waals surface area (Å²) in [5, 5.41) is 7.13. The molecule has 9 heteroatoms. The highest BCUT2D eigenvalue weighted by atomic mass is 32.2. The predicted molar refractivity (Wildman–Crippen MR) is 103 cm³/mol. The van der Waals surface area contributed by atoms with Gasteiger partial charge in [-0.15, -0.1) is 0 Å². The molecule has 0 spiro atoms. The number of rotatable bonds is 7. The van der Waals surface area contributed by atoms with Crippen LogP contribution in [0.15, 0.2) is 36.8 Å². The zero-order valence-electron chi connectivity index (χ0n) is 15.4. The number of hydrogen-bond acceptors (Lipinski definition) is 5. The lowest BCUT2D eigenvalue weighted by molar-refractivity contribution is -0.120. The van der Waals surface area contributed by atoms with Crippen LogP contribution in [0.5, 0.6) is 0 Å². The SMILES string of the molecule is CCCS(=O)(=O)N1CCCCC1C(=O)Nc1ccn(Cc2ccncc2)n1. The van der Waals surface area contributed by atoms with Crippen molar-refractivity contribution in [3.63, 3.8) is 0 Å². The van der Waals surface area contributed by atoms with Crippen molar-refractivity contribution in [2.75, 3.05) is 17.6 Å². The maximum absolute atomic E-state index is 12.7. The van der Waals surface area contributed by atoms with Crippen molar-refractivity contribution in [3.8, 4) is 0 Å². The number of pyridine rings is 1. The van der Waals surface area contributed by atoms with E-state index >= 15 is 0 Å². The standard InChI is InChI=1S/C18H25N5O3S/c1-2-13-27(25,26)23-11-4-3-5-16(23)18(24)20-17-8-12-22(21-17)14-15-6-9-19-10-7-15/h6-10,12,16H,2-5,11,13-14H2,1H3,(H,20,21,24). The first-order valence-corrected chi connectivity index (χ1v) is 10.8. The maximum atomic E-state index is 12.7. The Morgan fingerprint density at radius 1 is 1.26 bits per heavy atom. The first kappa shape index (κ1) is 19.5. The molecule has 0 saturated carbocycles. The Hall–Kier alpha value is -2.26. The van der Waals surface area contributed by atoms with Crippen molar-refractivity contribution in [1.29, 1.82) is 0 Å². The average molecular weight is 391 g/mol. The third-order valence-corrected chi connectivity index (χ3v) is 6.64. The second-order valence-corrected chi connectivity index (χ2v) is 8.72. The van der Waals surface area contributed by atoms with E-state index in [4.69, 9.17) is 0 Å². The number of carbonyl (C=O) groups excluding carboxylic acids is 1. The third kappa shape index (κ3) is 4.92. The van der Waals surface area contributed by atoms with E-state index in [-0.39, 0.29) is 11.7 Å². The molecule has 2 aromatic rings. The van der Waals surface area contributed by atoms with Crippen LogP contribution >= 0.6 is 0 Å². The summed E-state index contributed by atoms with van der Waals surface area (Å²) in [4.78, 5) is 16.7. The Balaban J connectivity index is 1.67. The summed E-state index contributed by atoms with van der Waals surface area (Å²) in [5.41, 5.74) is 1.05.